The van der Waals surface area contributed by atoms with Crippen LogP contribution < -0.4 is 71.2 Å². The first-order chi connectivity index (χ1) is 36.0. The number of hydrogen-bond donors (Lipinski definition) is 17. The molecule has 0 radical (unpaired) electrons. The summed E-state index contributed by atoms with van der Waals surface area (Å²) in [6, 6.07) is -12.5. The fraction of sp³-hybridized carbons (Fsp3) is 0.717. The summed E-state index contributed by atoms with van der Waals surface area (Å²) in [5, 5.41) is 58.1. The van der Waals surface area contributed by atoms with Gasteiger partial charge in [0, 0.05) is 26.1 Å². The third-order valence-corrected chi connectivity index (χ3v) is 11.9. The highest BCUT2D eigenvalue weighted by molar-refractivity contribution is 5.98. The number of nitrogens with one attached hydrogen (secondary N) is 8. The smallest absolute Gasteiger partial charge is 0.326 e. The van der Waals surface area contributed by atoms with Gasteiger partial charge in [-0.2, -0.15) is 0 Å². The molecule has 0 aromatic carbocycles. The molecule has 0 aromatic rings. The minimum Gasteiger partial charge on any atom is -0.481 e. The van der Waals surface area contributed by atoms with Gasteiger partial charge in [0.15, 0.2) is 11.9 Å². The van der Waals surface area contributed by atoms with E-state index in [9.17, 15) is 73.2 Å². The second-order valence-corrected chi connectivity index (χ2v) is 19.5. The molecule has 1 fully saturated rings. The monoisotopic (exact) mass is 1100 g/mol. The zero-order valence-corrected chi connectivity index (χ0v) is 44.5. The van der Waals surface area contributed by atoms with Crippen molar-refractivity contribution in [3.05, 3.63) is 0 Å². The minimum absolute atomic E-state index is 0.00938. The molecule has 0 aliphatic carbocycles. The van der Waals surface area contributed by atoms with Gasteiger partial charge in [0.1, 0.15) is 54.4 Å². The molecule has 436 valence electrons. The predicted octanol–water partition coefficient (Wildman–Crippen LogP) is -6.79. The molecule has 1 aliphatic rings. The fourth-order valence-electron chi connectivity index (χ4n) is 7.73. The SMILES string of the molecule is CC(C)C[C@H](NC(=O)CNC(=O)[C@H](CCC(=O)O)NC(=O)[C@@H](NC(=O)[C@@H](NC(=O)[C@H](CCCN=C(N)N)NC(=O)[C@@H]1CCCN1C(=O)[C@H](CO)NC(=O)[C@H](CCCN=C(N)N)NC(=O)[C@@H](N)CO)C(C)C)C(C)C)C(=O)O. The summed E-state index contributed by atoms with van der Waals surface area (Å²) in [6.07, 6.45) is -0.462. The number of carbonyl (C=O) groups is 11. The molecule has 31 heteroatoms. The zero-order chi connectivity index (χ0) is 58.7. The number of nitrogens with two attached hydrogens (primary N) is 5. The molecule has 9 atom stereocenters. The van der Waals surface area contributed by atoms with Crippen LogP contribution in [-0.4, -0.2) is 196 Å². The number of likely N-dealkylation sites (tertiary alicyclic amines) is 1. The van der Waals surface area contributed by atoms with Crippen LogP contribution in [0, 0.1) is 17.8 Å². The van der Waals surface area contributed by atoms with Crippen molar-refractivity contribution in [3.63, 3.8) is 0 Å². The van der Waals surface area contributed by atoms with Gasteiger partial charge in [0.05, 0.1) is 19.8 Å². The first kappa shape index (κ1) is 67.6. The first-order valence-electron chi connectivity index (χ1n) is 25.3. The summed E-state index contributed by atoms with van der Waals surface area (Å²) < 4.78 is 0. The zero-order valence-electron chi connectivity index (χ0n) is 44.5. The summed E-state index contributed by atoms with van der Waals surface area (Å²) >= 11 is 0. The van der Waals surface area contributed by atoms with Crippen molar-refractivity contribution in [2.24, 2.45) is 56.4 Å². The van der Waals surface area contributed by atoms with Crippen LogP contribution in [0.4, 0.5) is 0 Å². The molecule has 31 nitrogen and oxygen atoms in total. The van der Waals surface area contributed by atoms with Gasteiger partial charge in [-0.15, -0.1) is 0 Å². The Labute approximate surface area is 446 Å². The van der Waals surface area contributed by atoms with E-state index in [0.29, 0.717) is 0 Å². The lowest BCUT2D eigenvalue weighted by Gasteiger charge is -2.31. The molecule has 1 saturated heterocycles. The Morgan fingerprint density at radius 2 is 1.06 bits per heavy atom. The van der Waals surface area contributed by atoms with Gasteiger partial charge in [-0.25, -0.2) is 4.79 Å². The molecule has 1 rings (SSSR count). The van der Waals surface area contributed by atoms with Crippen LogP contribution in [0.25, 0.3) is 0 Å². The lowest BCUT2D eigenvalue weighted by Crippen LogP contribution is -2.61. The van der Waals surface area contributed by atoms with Gasteiger partial charge in [-0.3, -0.25) is 57.9 Å². The fourth-order valence-corrected chi connectivity index (χ4v) is 7.73. The van der Waals surface area contributed by atoms with Crippen LogP contribution in [-0.2, 0) is 52.7 Å². The van der Waals surface area contributed by atoms with Crippen LogP contribution in [0.5, 0.6) is 0 Å². The Balaban J connectivity index is 3.36. The van der Waals surface area contributed by atoms with Crippen molar-refractivity contribution in [1.29, 1.82) is 0 Å². The van der Waals surface area contributed by atoms with Crippen LogP contribution in [0.3, 0.4) is 0 Å². The Hall–Kier alpha value is -7.41. The number of aliphatic hydroxyl groups excluding tert-OH is 2. The van der Waals surface area contributed by atoms with Gasteiger partial charge in [-0.05, 0) is 69.1 Å². The van der Waals surface area contributed by atoms with Gasteiger partial charge >= 0.3 is 11.9 Å². The lowest BCUT2D eigenvalue weighted by molar-refractivity contribution is -0.143. The molecule has 0 unspecified atom stereocenters. The van der Waals surface area contributed by atoms with Crippen molar-refractivity contribution < 1.29 is 73.2 Å². The largest absolute Gasteiger partial charge is 0.481 e. The third-order valence-electron chi connectivity index (χ3n) is 11.9. The van der Waals surface area contributed by atoms with E-state index in [2.05, 4.69) is 52.5 Å². The number of aliphatic hydroxyl groups is 2. The lowest BCUT2D eigenvalue weighted by atomic mass is 9.98. The highest BCUT2D eigenvalue weighted by Gasteiger charge is 2.40. The van der Waals surface area contributed by atoms with Crippen LogP contribution in [0.1, 0.15) is 99.3 Å². The summed E-state index contributed by atoms with van der Waals surface area (Å²) in [5.41, 5.74) is 27.3. The van der Waals surface area contributed by atoms with Gasteiger partial charge < -0.3 is 96.5 Å². The number of amides is 9. The Kier molecular flexibility index (Phi) is 30.1. The summed E-state index contributed by atoms with van der Waals surface area (Å²) in [5.74, 6) is -12.5. The standard InChI is InChI=1S/C46H82N16O15/c1-22(2)18-29(44(76)77)55-32(65)19-54-37(69)28(13-14-33(66)67)58-41(73)34(23(3)4)61-42(74)35(24(5)6)60-39(71)27(11-8-16-53-46(50)51)57-40(72)31-12-9-17-62(31)43(75)30(21-64)59-38(70)26(10-7-15-52-45(48)49)56-36(68)25(47)20-63/h22-31,34-35,63-64H,7-21,47H2,1-6H3,(H,54,69)(H,55,65)(H,56,68)(H,57,72)(H,58,73)(H,59,70)(H,60,71)(H,61,74)(H,66,67)(H,76,77)(H4,48,49,52)(H4,50,51,53)/t25-,26-,27-,28-,29-,30-,31-,34-,35-/m0/s1. The molecule has 0 spiro atoms. The summed E-state index contributed by atoms with van der Waals surface area (Å²) in [4.78, 5) is 154. The molecule has 1 heterocycles. The first-order valence-corrected chi connectivity index (χ1v) is 25.3. The second kappa shape index (κ2) is 34.3. The molecule has 0 aromatic heterocycles. The Morgan fingerprint density at radius 3 is 1.55 bits per heavy atom. The summed E-state index contributed by atoms with van der Waals surface area (Å²) in [7, 11) is 0. The number of nitrogens with zero attached hydrogens (tertiary/aromatic N) is 3. The van der Waals surface area contributed by atoms with Crippen molar-refractivity contribution >= 4 is 77.0 Å². The molecule has 77 heavy (non-hydrogen) atoms. The highest BCUT2D eigenvalue weighted by atomic mass is 16.4. The Bertz CT molecular complexity index is 2100. The quantitative estimate of drug-likeness (QED) is 0.0159. The number of hydrogen-bond acceptors (Lipinski definition) is 16. The molecule has 0 bridgehead atoms. The number of rotatable bonds is 35. The maximum absolute atomic E-state index is 14.2. The number of guanidine groups is 2. The molecular weight excluding hydrogens is 1020 g/mol. The molecular formula is C46H82N16O15. The normalized spacial score (nSPS) is 16.2. The van der Waals surface area contributed by atoms with Gasteiger partial charge in [-0.1, -0.05) is 41.5 Å². The maximum Gasteiger partial charge on any atom is 0.326 e. The van der Waals surface area contributed by atoms with Gasteiger partial charge in [0.2, 0.25) is 53.2 Å². The van der Waals surface area contributed by atoms with E-state index < -0.39 is 164 Å². The van der Waals surface area contributed by atoms with Crippen LogP contribution >= 0.6 is 0 Å². The molecule has 1 aliphatic heterocycles. The van der Waals surface area contributed by atoms with E-state index in [0.717, 1.165) is 4.90 Å². The van der Waals surface area contributed by atoms with E-state index in [1.807, 2.05) is 0 Å². The topological polar surface area (TPSA) is 523 Å². The predicted molar refractivity (Wildman–Crippen MR) is 277 cm³/mol. The average molecular weight is 1100 g/mol. The number of carboxylic acids is 2. The highest BCUT2D eigenvalue weighted by Crippen LogP contribution is 2.20. The number of aliphatic carboxylic acids is 2. The van der Waals surface area contributed by atoms with Crippen LogP contribution in [0.2, 0.25) is 0 Å². The van der Waals surface area contributed by atoms with Crippen molar-refractivity contribution in [2.75, 3.05) is 39.4 Å². The Morgan fingerprint density at radius 1 is 0.584 bits per heavy atom. The van der Waals surface area contributed by atoms with Crippen LogP contribution in [0.15, 0.2) is 9.98 Å². The van der Waals surface area contributed by atoms with Crippen molar-refractivity contribution in [1.82, 2.24) is 47.4 Å². The number of carboxylic acid groups (broad SMARTS) is 2. The second-order valence-electron chi connectivity index (χ2n) is 19.5. The number of carbonyl (C=O) groups excluding carboxylic acids is 9. The van der Waals surface area contributed by atoms with E-state index in [4.69, 9.17) is 28.7 Å². The third kappa shape index (κ3) is 24.9. The average Bonchev–Trinajstić information content (AvgIpc) is 3.85. The number of aliphatic imine (C=N–C) groups is 2. The molecule has 9 amide bonds. The summed E-state index contributed by atoms with van der Waals surface area (Å²) in [6.45, 7) is 7.44. The van der Waals surface area contributed by atoms with Gasteiger partial charge in [0.25, 0.3) is 0 Å². The van der Waals surface area contributed by atoms with E-state index in [-0.39, 0.29) is 82.4 Å². The minimum atomic E-state index is -1.62. The molecule has 22 N–H and O–H groups in total. The van der Waals surface area contributed by atoms with Crippen molar-refractivity contribution in [2.45, 2.75) is 154 Å². The van der Waals surface area contributed by atoms with E-state index >= 15 is 0 Å². The van der Waals surface area contributed by atoms with E-state index in [1.165, 1.54) is 0 Å². The van der Waals surface area contributed by atoms with E-state index in [1.54, 1.807) is 41.5 Å². The van der Waals surface area contributed by atoms with Crippen molar-refractivity contribution in [3.8, 4) is 0 Å². The maximum atomic E-state index is 14.2. The molecule has 0 saturated carbocycles.